The average molecular weight is 257 g/mol. The number of carbonyl (C=O) groups excluding carboxylic acids is 2. The fraction of sp³-hybridized carbons (Fsp3) is 0.143. The molecule has 1 aromatic carbocycles. The van der Waals surface area contributed by atoms with E-state index < -0.39 is 17.6 Å². The molecule has 1 aromatic rings. The van der Waals surface area contributed by atoms with Crippen LogP contribution in [0.3, 0.4) is 0 Å². The van der Waals surface area contributed by atoms with Crippen LogP contribution >= 0.6 is 0 Å². The number of hydrogen-bond acceptors (Lipinski definition) is 5. The predicted molar refractivity (Wildman–Crippen MR) is 67.0 cm³/mol. The number of aliphatic hydroxyl groups is 2. The zero-order valence-corrected chi connectivity index (χ0v) is 9.88. The van der Waals surface area contributed by atoms with Crippen LogP contribution in [0.1, 0.15) is 27.1 Å². The molecule has 0 heterocycles. The van der Waals surface area contributed by atoms with Crippen molar-refractivity contribution in [1.29, 1.82) is 0 Å². The van der Waals surface area contributed by atoms with Gasteiger partial charge in [-0.1, -0.05) is 24.3 Å². The molecule has 3 rings (SSSR count). The molecule has 0 radical (unpaired) electrons. The summed E-state index contributed by atoms with van der Waals surface area (Å²) in [7, 11) is 0. The maximum absolute atomic E-state index is 12.3. The summed E-state index contributed by atoms with van der Waals surface area (Å²) in [6.45, 7) is 0. The van der Waals surface area contributed by atoms with Crippen LogP contribution in [0, 0.1) is 0 Å². The normalized spacial score (nSPS) is 22.5. The number of ketones is 2. The largest absolute Gasteiger partial charge is 0.511 e. The molecule has 0 spiro atoms. The predicted octanol–water partition coefficient (Wildman–Crippen LogP) is 1.42. The third kappa shape index (κ3) is 1.45. The maximum Gasteiger partial charge on any atom is 0.198 e. The van der Waals surface area contributed by atoms with Crippen LogP contribution in [0.25, 0.3) is 0 Å². The number of nitrogens with two attached hydrogens (primary N) is 1. The van der Waals surface area contributed by atoms with Crippen molar-refractivity contribution < 1.29 is 19.8 Å². The van der Waals surface area contributed by atoms with E-state index in [4.69, 9.17) is 5.73 Å². The minimum absolute atomic E-state index is 0.0497. The molecule has 2 aliphatic rings. The molecule has 96 valence electrons. The molecule has 0 fully saturated rings. The Kier molecular flexibility index (Phi) is 2.33. The first-order chi connectivity index (χ1) is 9.02. The molecule has 4 N–H and O–H groups in total. The molecule has 0 aliphatic heterocycles. The Morgan fingerprint density at radius 2 is 1.53 bits per heavy atom. The van der Waals surface area contributed by atoms with E-state index in [1.807, 2.05) is 0 Å². The summed E-state index contributed by atoms with van der Waals surface area (Å²) < 4.78 is 0. The van der Waals surface area contributed by atoms with Crippen LogP contribution < -0.4 is 5.73 Å². The first kappa shape index (κ1) is 11.7. The van der Waals surface area contributed by atoms with Gasteiger partial charge in [-0.05, 0) is 0 Å². The van der Waals surface area contributed by atoms with Gasteiger partial charge in [0.2, 0.25) is 0 Å². The monoisotopic (exact) mass is 257 g/mol. The molecule has 0 amide bonds. The van der Waals surface area contributed by atoms with E-state index in [9.17, 15) is 19.8 Å². The maximum atomic E-state index is 12.3. The van der Waals surface area contributed by atoms with E-state index >= 15 is 0 Å². The molecule has 0 aromatic heterocycles. The number of carbonyl (C=O) groups is 2. The molecule has 0 saturated carbocycles. The van der Waals surface area contributed by atoms with Crippen LogP contribution in [-0.2, 0) is 0 Å². The van der Waals surface area contributed by atoms with Gasteiger partial charge in [-0.2, -0.15) is 0 Å². The lowest BCUT2D eigenvalue weighted by molar-refractivity contribution is 0.0957. The van der Waals surface area contributed by atoms with Crippen LogP contribution in [0.4, 0.5) is 0 Å². The molecule has 5 heteroatoms. The average Bonchev–Trinajstić information content (AvgIpc) is 2.40. The number of benzene rings is 1. The molecule has 1 unspecified atom stereocenters. The lowest BCUT2D eigenvalue weighted by Gasteiger charge is -2.27. The quantitative estimate of drug-likeness (QED) is 0.652. The smallest absolute Gasteiger partial charge is 0.198 e. The van der Waals surface area contributed by atoms with E-state index in [0.29, 0.717) is 0 Å². The Labute approximate surface area is 108 Å². The molecule has 5 nitrogen and oxygen atoms in total. The Hall–Kier alpha value is -2.40. The highest BCUT2D eigenvalue weighted by atomic mass is 16.3. The van der Waals surface area contributed by atoms with E-state index in [-0.39, 0.29) is 40.2 Å². The Balaban J connectivity index is 2.36. The van der Waals surface area contributed by atoms with Gasteiger partial charge in [0, 0.05) is 17.5 Å². The van der Waals surface area contributed by atoms with Gasteiger partial charge in [-0.25, -0.2) is 0 Å². The summed E-state index contributed by atoms with van der Waals surface area (Å²) in [4.78, 5) is 24.6. The van der Waals surface area contributed by atoms with Crippen molar-refractivity contribution in [2.45, 2.75) is 12.5 Å². The van der Waals surface area contributed by atoms with Crippen molar-refractivity contribution in [2.24, 2.45) is 5.73 Å². The lowest BCUT2D eigenvalue weighted by atomic mass is 9.77. The highest BCUT2D eigenvalue weighted by Gasteiger charge is 2.40. The van der Waals surface area contributed by atoms with Gasteiger partial charge in [0.1, 0.15) is 11.5 Å². The van der Waals surface area contributed by atoms with Crippen LogP contribution in [-0.4, -0.2) is 27.8 Å². The van der Waals surface area contributed by atoms with E-state index in [1.54, 1.807) is 12.1 Å². The number of hydrogen-bond donors (Lipinski definition) is 3. The van der Waals surface area contributed by atoms with Crippen molar-refractivity contribution in [3.8, 4) is 0 Å². The SMILES string of the molecule is NC1CC(O)=C2C(=O)c3ccccc3C(=O)C2=C1O. The molecule has 2 aliphatic carbocycles. The minimum atomic E-state index is -0.860. The van der Waals surface area contributed by atoms with Crippen LogP contribution in [0.15, 0.2) is 46.9 Å². The van der Waals surface area contributed by atoms with Gasteiger partial charge >= 0.3 is 0 Å². The fourth-order valence-corrected chi connectivity index (χ4v) is 2.49. The topological polar surface area (TPSA) is 101 Å². The Morgan fingerprint density at radius 1 is 1.00 bits per heavy atom. The summed E-state index contributed by atoms with van der Waals surface area (Å²) in [6, 6.07) is 5.46. The Bertz CT molecular complexity index is 684. The van der Waals surface area contributed by atoms with Crippen molar-refractivity contribution in [2.75, 3.05) is 0 Å². The third-order valence-corrected chi connectivity index (χ3v) is 3.43. The summed E-state index contributed by atoms with van der Waals surface area (Å²) in [5.41, 5.74) is 5.81. The number of allylic oxidation sites excluding steroid dienone is 2. The van der Waals surface area contributed by atoms with E-state index in [2.05, 4.69) is 0 Å². The van der Waals surface area contributed by atoms with Crippen LogP contribution in [0.2, 0.25) is 0 Å². The van der Waals surface area contributed by atoms with Gasteiger partial charge in [-0.15, -0.1) is 0 Å². The zero-order chi connectivity index (χ0) is 13.7. The molecule has 0 bridgehead atoms. The summed E-state index contributed by atoms with van der Waals surface area (Å²) in [6.07, 6.45) is -0.0497. The second-order valence-corrected chi connectivity index (χ2v) is 4.60. The van der Waals surface area contributed by atoms with Gasteiger partial charge in [-0.3, -0.25) is 9.59 Å². The molecular formula is C14H11NO4. The first-order valence-corrected chi connectivity index (χ1v) is 5.82. The van der Waals surface area contributed by atoms with Crippen LogP contribution in [0.5, 0.6) is 0 Å². The number of Topliss-reactive ketones (excluding diaryl/α,β-unsaturated/α-hetero) is 2. The standard InChI is InChI=1S/C14H11NO4/c15-8-5-9(16)10-11(14(8)19)13(18)7-4-2-1-3-6(7)12(10)17/h1-4,8,16,19H,5,15H2. The first-order valence-electron chi connectivity index (χ1n) is 5.82. The molecule has 0 saturated heterocycles. The van der Waals surface area contributed by atoms with Crippen molar-refractivity contribution in [1.82, 2.24) is 0 Å². The van der Waals surface area contributed by atoms with E-state index in [1.165, 1.54) is 12.1 Å². The number of aliphatic hydroxyl groups excluding tert-OH is 2. The fourth-order valence-electron chi connectivity index (χ4n) is 2.49. The molecule has 19 heavy (non-hydrogen) atoms. The number of rotatable bonds is 0. The van der Waals surface area contributed by atoms with Gasteiger partial charge in [0.05, 0.1) is 17.2 Å². The van der Waals surface area contributed by atoms with Gasteiger partial charge in [0.15, 0.2) is 11.6 Å². The molecule has 1 atom stereocenters. The second kappa shape index (κ2) is 3.80. The zero-order valence-electron chi connectivity index (χ0n) is 9.88. The minimum Gasteiger partial charge on any atom is -0.511 e. The Morgan fingerprint density at radius 3 is 2.11 bits per heavy atom. The van der Waals surface area contributed by atoms with Gasteiger partial charge in [0.25, 0.3) is 0 Å². The number of fused-ring (bicyclic) bond motifs is 2. The van der Waals surface area contributed by atoms with Crippen molar-refractivity contribution in [3.63, 3.8) is 0 Å². The molecular weight excluding hydrogens is 246 g/mol. The van der Waals surface area contributed by atoms with Gasteiger partial charge < -0.3 is 15.9 Å². The summed E-state index contributed by atoms with van der Waals surface area (Å²) in [5, 5.41) is 19.8. The highest BCUT2D eigenvalue weighted by molar-refractivity contribution is 6.31. The van der Waals surface area contributed by atoms with Crippen molar-refractivity contribution in [3.05, 3.63) is 58.1 Å². The summed E-state index contributed by atoms with van der Waals surface area (Å²) in [5.74, 6) is -1.51. The summed E-state index contributed by atoms with van der Waals surface area (Å²) >= 11 is 0. The highest BCUT2D eigenvalue weighted by Crippen LogP contribution is 2.36. The van der Waals surface area contributed by atoms with Crippen molar-refractivity contribution >= 4 is 11.6 Å². The third-order valence-electron chi connectivity index (χ3n) is 3.43. The van der Waals surface area contributed by atoms with E-state index in [0.717, 1.165) is 0 Å². The second-order valence-electron chi connectivity index (χ2n) is 4.60. The lowest BCUT2D eigenvalue weighted by Crippen LogP contribution is -2.35.